The van der Waals surface area contributed by atoms with Crippen LogP contribution in [0.5, 0.6) is 5.88 Å². The molecule has 0 bridgehead atoms. The predicted molar refractivity (Wildman–Crippen MR) is 79.6 cm³/mol. The maximum Gasteiger partial charge on any atom is 0.315 e. The van der Waals surface area contributed by atoms with Crippen molar-refractivity contribution in [3.8, 4) is 5.88 Å². The number of carbonyl (C=O) groups excluding carboxylic acids is 1. The fourth-order valence-corrected chi connectivity index (χ4v) is 2.51. The standard InChI is InChI=1S/C15H20FN3O4/c16-12-2-1-7-17-13(12)23-9-8-18-15(22)19-11-5-3-10(4-6-11)14(20)21/h1-2,7,10-11H,3-6,8-9H2,(H,20,21)(H2,18,19,22). The number of nitrogens with zero attached hydrogens (tertiary/aromatic N) is 1. The number of carboxylic acid groups (broad SMARTS) is 1. The van der Waals surface area contributed by atoms with Gasteiger partial charge in [0.05, 0.1) is 12.5 Å². The molecule has 3 N–H and O–H groups in total. The molecule has 0 aliphatic heterocycles. The molecule has 1 saturated carbocycles. The highest BCUT2D eigenvalue weighted by Crippen LogP contribution is 2.24. The molecule has 23 heavy (non-hydrogen) atoms. The van der Waals surface area contributed by atoms with E-state index >= 15 is 0 Å². The Kier molecular flexibility index (Phi) is 6.13. The number of hydrogen-bond donors (Lipinski definition) is 3. The first-order valence-electron chi connectivity index (χ1n) is 7.56. The highest BCUT2D eigenvalue weighted by Gasteiger charge is 2.26. The number of halogens is 1. The fraction of sp³-hybridized carbons (Fsp3) is 0.533. The van der Waals surface area contributed by atoms with Crippen LogP contribution >= 0.6 is 0 Å². The lowest BCUT2D eigenvalue weighted by Gasteiger charge is -2.26. The van der Waals surface area contributed by atoms with Gasteiger partial charge < -0.3 is 20.5 Å². The van der Waals surface area contributed by atoms with Crippen molar-refractivity contribution in [1.29, 1.82) is 0 Å². The Labute approximate surface area is 133 Å². The average Bonchev–Trinajstić information content (AvgIpc) is 2.53. The van der Waals surface area contributed by atoms with Crippen molar-refractivity contribution in [3.63, 3.8) is 0 Å². The number of nitrogens with one attached hydrogen (secondary N) is 2. The van der Waals surface area contributed by atoms with Gasteiger partial charge in [0.2, 0.25) is 5.88 Å². The quantitative estimate of drug-likeness (QED) is 0.689. The van der Waals surface area contributed by atoms with E-state index in [1.165, 1.54) is 18.3 Å². The molecule has 7 nitrogen and oxygen atoms in total. The summed E-state index contributed by atoms with van der Waals surface area (Å²) in [7, 11) is 0. The molecule has 0 aromatic carbocycles. The second-order valence-corrected chi connectivity index (χ2v) is 5.43. The summed E-state index contributed by atoms with van der Waals surface area (Å²) < 4.78 is 18.4. The zero-order chi connectivity index (χ0) is 16.7. The van der Waals surface area contributed by atoms with Gasteiger partial charge in [0.1, 0.15) is 6.61 Å². The highest BCUT2D eigenvalue weighted by atomic mass is 19.1. The van der Waals surface area contributed by atoms with Crippen molar-refractivity contribution in [2.75, 3.05) is 13.2 Å². The molecule has 0 saturated heterocycles. The number of rotatable bonds is 6. The molecule has 0 atom stereocenters. The summed E-state index contributed by atoms with van der Waals surface area (Å²) >= 11 is 0. The summed E-state index contributed by atoms with van der Waals surface area (Å²) in [4.78, 5) is 26.3. The molecule has 1 fully saturated rings. The van der Waals surface area contributed by atoms with Gasteiger partial charge in [-0.15, -0.1) is 0 Å². The van der Waals surface area contributed by atoms with Crippen molar-refractivity contribution >= 4 is 12.0 Å². The van der Waals surface area contributed by atoms with Crippen LogP contribution in [0.3, 0.4) is 0 Å². The van der Waals surface area contributed by atoms with Gasteiger partial charge in [0.15, 0.2) is 5.82 Å². The molecule has 0 radical (unpaired) electrons. The van der Waals surface area contributed by atoms with E-state index in [2.05, 4.69) is 15.6 Å². The van der Waals surface area contributed by atoms with Crippen LogP contribution in [0.25, 0.3) is 0 Å². The first-order chi connectivity index (χ1) is 11.1. The summed E-state index contributed by atoms with van der Waals surface area (Å²) in [6.07, 6.45) is 3.87. The third-order valence-electron chi connectivity index (χ3n) is 3.76. The average molecular weight is 325 g/mol. The zero-order valence-electron chi connectivity index (χ0n) is 12.6. The Hall–Kier alpha value is -2.38. The Balaban J connectivity index is 1.61. The summed E-state index contributed by atoms with van der Waals surface area (Å²) in [5.41, 5.74) is 0. The highest BCUT2D eigenvalue weighted by molar-refractivity contribution is 5.74. The van der Waals surface area contributed by atoms with Gasteiger partial charge in [-0.05, 0) is 37.8 Å². The molecule has 126 valence electrons. The minimum atomic E-state index is -0.771. The van der Waals surface area contributed by atoms with Gasteiger partial charge in [-0.1, -0.05) is 0 Å². The maximum absolute atomic E-state index is 13.2. The van der Waals surface area contributed by atoms with Crippen LogP contribution in [0, 0.1) is 11.7 Å². The molecular formula is C15H20FN3O4. The van der Waals surface area contributed by atoms with Crippen molar-refractivity contribution in [2.45, 2.75) is 31.7 Å². The normalized spacial score (nSPS) is 20.6. The Morgan fingerprint density at radius 1 is 1.35 bits per heavy atom. The predicted octanol–water partition coefficient (Wildman–Crippen LogP) is 1.54. The number of carbonyl (C=O) groups is 2. The molecule has 1 heterocycles. The lowest BCUT2D eigenvalue weighted by atomic mass is 9.86. The van der Waals surface area contributed by atoms with Crippen LogP contribution in [0.1, 0.15) is 25.7 Å². The Bertz CT molecular complexity index is 547. The number of aliphatic carboxylic acids is 1. The summed E-state index contributed by atoms with van der Waals surface area (Å²) in [6.45, 7) is 0.319. The van der Waals surface area contributed by atoms with Crippen molar-refractivity contribution in [3.05, 3.63) is 24.1 Å². The summed E-state index contributed by atoms with van der Waals surface area (Å²) in [6, 6.07) is 2.36. The number of urea groups is 1. The lowest BCUT2D eigenvalue weighted by Crippen LogP contribution is -2.45. The summed E-state index contributed by atoms with van der Waals surface area (Å²) in [5, 5.41) is 14.3. The first kappa shape index (κ1) is 17.0. The number of ether oxygens (including phenoxy) is 1. The maximum atomic E-state index is 13.2. The number of pyridine rings is 1. The van der Waals surface area contributed by atoms with Crippen LogP contribution in [0.2, 0.25) is 0 Å². The molecule has 1 aromatic heterocycles. The van der Waals surface area contributed by atoms with Gasteiger partial charge in [-0.25, -0.2) is 14.2 Å². The van der Waals surface area contributed by atoms with Crippen molar-refractivity contribution in [1.82, 2.24) is 15.6 Å². The zero-order valence-corrected chi connectivity index (χ0v) is 12.6. The monoisotopic (exact) mass is 325 g/mol. The largest absolute Gasteiger partial charge is 0.481 e. The molecule has 8 heteroatoms. The van der Waals surface area contributed by atoms with E-state index in [1.54, 1.807) is 0 Å². The van der Waals surface area contributed by atoms with E-state index < -0.39 is 11.8 Å². The van der Waals surface area contributed by atoms with Crippen molar-refractivity contribution in [2.24, 2.45) is 5.92 Å². The van der Waals surface area contributed by atoms with Gasteiger partial charge >= 0.3 is 12.0 Å². The van der Waals surface area contributed by atoms with Crippen LogP contribution in [-0.4, -0.2) is 41.3 Å². The molecule has 0 unspecified atom stereocenters. The molecule has 1 aliphatic carbocycles. The molecule has 1 aliphatic rings. The third kappa shape index (κ3) is 5.39. The van der Waals surface area contributed by atoms with Gasteiger partial charge in [-0.3, -0.25) is 4.79 Å². The van der Waals surface area contributed by atoms with E-state index in [4.69, 9.17) is 9.84 Å². The number of amides is 2. The van der Waals surface area contributed by atoms with E-state index in [1.807, 2.05) is 0 Å². The van der Waals surface area contributed by atoms with Gasteiger partial charge in [-0.2, -0.15) is 0 Å². The van der Waals surface area contributed by atoms with Crippen LogP contribution in [0.4, 0.5) is 9.18 Å². The summed E-state index contributed by atoms with van der Waals surface area (Å²) in [5.74, 6) is -1.72. The molecule has 0 spiro atoms. The minimum Gasteiger partial charge on any atom is -0.481 e. The number of aromatic nitrogens is 1. The molecule has 2 amide bonds. The number of carboxylic acids is 1. The van der Waals surface area contributed by atoms with Crippen LogP contribution < -0.4 is 15.4 Å². The molecule has 2 rings (SSSR count). The van der Waals surface area contributed by atoms with Gasteiger partial charge in [0.25, 0.3) is 0 Å². The SMILES string of the molecule is O=C(NCCOc1ncccc1F)NC1CCC(C(=O)O)CC1. The lowest BCUT2D eigenvalue weighted by molar-refractivity contribution is -0.142. The van der Waals surface area contributed by atoms with Crippen molar-refractivity contribution < 1.29 is 23.8 Å². The smallest absolute Gasteiger partial charge is 0.315 e. The van der Waals surface area contributed by atoms with E-state index in [-0.39, 0.29) is 37.0 Å². The Morgan fingerprint density at radius 2 is 2.09 bits per heavy atom. The van der Waals surface area contributed by atoms with E-state index in [9.17, 15) is 14.0 Å². The first-order valence-corrected chi connectivity index (χ1v) is 7.56. The minimum absolute atomic E-state index is 0.0141. The van der Waals surface area contributed by atoms with Crippen LogP contribution in [-0.2, 0) is 4.79 Å². The molecule has 1 aromatic rings. The second-order valence-electron chi connectivity index (χ2n) is 5.43. The second kappa shape index (κ2) is 8.30. The third-order valence-corrected chi connectivity index (χ3v) is 3.76. The van der Waals surface area contributed by atoms with Gasteiger partial charge in [0, 0.05) is 12.2 Å². The Morgan fingerprint density at radius 3 is 2.74 bits per heavy atom. The topological polar surface area (TPSA) is 101 Å². The van der Waals surface area contributed by atoms with Crippen LogP contribution in [0.15, 0.2) is 18.3 Å². The number of hydrogen-bond acceptors (Lipinski definition) is 4. The van der Waals surface area contributed by atoms with E-state index in [0.717, 1.165) is 0 Å². The fourth-order valence-electron chi connectivity index (χ4n) is 2.51. The van der Waals surface area contributed by atoms with E-state index in [0.29, 0.717) is 25.7 Å². The molecular weight excluding hydrogens is 305 g/mol.